The average molecular weight is 255 g/mol. The predicted molar refractivity (Wildman–Crippen MR) is 76.1 cm³/mol. The summed E-state index contributed by atoms with van der Waals surface area (Å²) in [7, 11) is 0. The first kappa shape index (κ1) is 13.1. The fraction of sp³-hybridized carbons (Fsp3) is 0.200. The van der Waals surface area contributed by atoms with Gasteiger partial charge in [0, 0.05) is 24.6 Å². The summed E-state index contributed by atoms with van der Waals surface area (Å²) in [4.78, 5) is 15.7. The van der Waals surface area contributed by atoms with Crippen LogP contribution >= 0.6 is 0 Å². The highest BCUT2D eigenvalue weighted by Crippen LogP contribution is 2.07. The molecule has 0 aliphatic heterocycles. The highest BCUT2D eigenvalue weighted by molar-refractivity contribution is 5.89. The highest BCUT2D eigenvalue weighted by atomic mass is 16.2. The van der Waals surface area contributed by atoms with E-state index in [1.807, 2.05) is 43.3 Å². The molecular formula is C15H17N3O. The zero-order chi connectivity index (χ0) is 13.5. The predicted octanol–water partition coefficient (Wildman–Crippen LogP) is 2.75. The van der Waals surface area contributed by atoms with Gasteiger partial charge in [-0.15, -0.1) is 0 Å². The second-order valence-electron chi connectivity index (χ2n) is 4.36. The first-order chi connectivity index (χ1) is 9.24. The van der Waals surface area contributed by atoms with E-state index in [9.17, 15) is 4.79 Å². The number of rotatable bonds is 4. The number of aryl methyl sites for hydroxylation is 1. The molecule has 2 aromatic rings. The third kappa shape index (κ3) is 4.43. The lowest BCUT2D eigenvalue weighted by Gasteiger charge is -2.07. The van der Waals surface area contributed by atoms with E-state index < -0.39 is 0 Å². The van der Waals surface area contributed by atoms with Crippen LogP contribution in [0, 0.1) is 6.92 Å². The van der Waals surface area contributed by atoms with Gasteiger partial charge in [0.05, 0.1) is 0 Å². The molecule has 0 aliphatic rings. The lowest BCUT2D eigenvalue weighted by Crippen LogP contribution is -2.30. The molecule has 98 valence electrons. The molecule has 0 saturated heterocycles. The average Bonchev–Trinajstić information content (AvgIpc) is 2.43. The van der Waals surface area contributed by atoms with Crippen molar-refractivity contribution in [2.24, 2.45) is 0 Å². The molecule has 1 aromatic carbocycles. The molecule has 2 amide bonds. The van der Waals surface area contributed by atoms with E-state index in [0.29, 0.717) is 6.54 Å². The van der Waals surface area contributed by atoms with E-state index >= 15 is 0 Å². The maximum Gasteiger partial charge on any atom is 0.319 e. The minimum Gasteiger partial charge on any atom is -0.338 e. The zero-order valence-corrected chi connectivity index (χ0v) is 10.9. The van der Waals surface area contributed by atoms with Gasteiger partial charge >= 0.3 is 6.03 Å². The smallest absolute Gasteiger partial charge is 0.319 e. The number of nitrogens with one attached hydrogen (secondary N) is 2. The van der Waals surface area contributed by atoms with Gasteiger partial charge < -0.3 is 10.6 Å². The SMILES string of the molecule is Cc1ccc(NC(=O)NCCc2cccnc2)cc1. The first-order valence-corrected chi connectivity index (χ1v) is 6.24. The third-order valence-electron chi connectivity index (χ3n) is 2.73. The summed E-state index contributed by atoms with van der Waals surface area (Å²) < 4.78 is 0. The Balaban J connectivity index is 1.74. The minimum atomic E-state index is -0.187. The van der Waals surface area contributed by atoms with Gasteiger partial charge in [0.15, 0.2) is 0 Å². The summed E-state index contributed by atoms with van der Waals surface area (Å²) in [6, 6.07) is 11.4. The number of hydrogen-bond donors (Lipinski definition) is 2. The van der Waals surface area contributed by atoms with Crippen molar-refractivity contribution in [3.8, 4) is 0 Å². The standard InChI is InChI=1S/C15H17N3O/c1-12-4-6-14(7-5-12)18-15(19)17-10-8-13-3-2-9-16-11-13/h2-7,9,11H,8,10H2,1H3,(H2,17,18,19). The van der Waals surface area contributed by atoms with Crippen molar-refractivity contribution >= 4 is 11.7 Å². The van der Waals surface area contributed by atoms with Crippen molar-refractivity contribution < 1.29 is 4.79 Å². The highest BCUT2D eigenvalue weighted by Gasteiger charge is 2.00. The van der Waals surface area contributed by atoms with Crippen molar-refractivity contribution in [2.75, 3.05) is 11.9 Å². The summed E-state index contributed by atoms with van der Waals surface area (Å²) in [5, 5.41) is 5.61. The fourth-order valence-electron chi connectivity index (χ4n) is 1.68. The molecule has 0 radical (unpaired) electrons. The van der Waals surface area contributed by atoms with Gasteiger partial charge in [0.2, 0.25) is 0 Å². The van der Waals surface area contributed by atoms with E-state index in [1.54, 1.807) is 12.4 Å². The first-order valence-electron chi connectivity index (χ1n) is 6.24. The molecule has 2 rings (SSSR count). The van der Waals surface area contributed by atoms with Crippen LogP contribution in [0.5, 0.6) is 0 Å². The lowest BCUT2D eigenvalue weighted by molar-refractivity contribution is 0.252. The van der Waals surface area contributed by atoms with Gasteiger partial charge in [0.1, 0.15) is 0 Å². The Labute approximate surface area is 112 Å². The van der Waals surface area contributed by atoms with Gasteiger partial charge in [-0.1, -0.05) is 23.8 Å². The van der Waals surface area contributed by atoms with E-state index in [1.165, 1.54) is 5.56 Å². The van der Waals surface area contributed by atoms with Crippen LogP contribution in [0.4, 0.5) is 10.5 Å². The Kier molecular flexibility index (Phi) is 4.50. The third-order valence-corrected chi connectivity index (χ3v) is 2.73. The van der Waals surface area contributed by atoms with Crippen LogP contribution in [0.15, 0.2) is 48.8 Å². The van der Waals surface area contributed by atoms with Crippen LogP contribution < -0.4 is 10.6 Å². The van der Waals surface area contributed by atoms with Gasteiger partial charge in [-0.05, 0) is 37.1 Å². The maximum absolute atomic E-state index is 11.6. The number of urea groups is 1. The normalized spacial score (nSPS) is 9.95. The van der Waals surface area contributed by atoms with Crippen LogP contribution in [0.25, 0.3) is 0 Å². The second kappa shape index (κ2) is 6.54. The zero-order valence-electron chi connectivity index (χ0n) is 10.9. The van der Waals surface area contributed by atoms with Gasteiger partial charge in [-0.25, -0.2) is 4.79 Å². The number of carbonyl (C=O) groups excluding carboxylic acids is 1. The number of anilines is 1. The Bertz CT molecular complexity index is 523. The summed E-state index contributed by atoms with van der Waals surface area (Å²) in [6.45, 7) is 2.60. The number of pyridine rings is 1. The van der Waals surface area contributed by atoms with Crippen LogP contribution in [0.1, 0.15) is 11.1 Å². The molecule has 0 unspecified atom stereocenters. The van der Waals surface area contributed by atoms with Crippen LogP contribution in [-0.4, -0.2) is 17.6 Å². The summed E-state index contributed by atoms with van der Waals surface area (Å²) >= 11 is 0. The summed E-state index contributed by atoms with van der Waals surface area (Å²) in [5.41, 5.74) is 3.07. The summed E-state index contributed by atoms with van der Waals surface area (Å²) in [6.07, 6.45) is 4.32. The monoisotopic (exact) mass is 255 g/mol. The number of aromatic nitrogens is 1. The Morgan fingerprint density at radius 3 is 2.68 bits per heavy atom. The van der Waals surface area contributed by atoms with Gasteiger partial charge in [0.25, 0.3) is 0 Å². The molecule has 2 N–H and O–H groups in total. The van der Waals surface area contributed by atoms with Crippen LogP contribution in [-0.2, 0) is 6.42 Å². The van der Waals surface area contributed by atoms with Crippen LogP contribution in [0.2, 0.25) is 0 Å². The van der Waals surface area contributed by atoms with E-state index in [0.717, 1.165) is 17.7 Å². The van der Waals surface area contributed by atoms with Crippen molar-refractivity contribution in [1.82, 2.24) is 10.3 Å². The molecule has 0 atom stereocenters. The van der Waals surface area contributed by atoms with E-state index in [4.69, 9.17) is 0 Å². The quantitative estimate of drug-likeness (QED) is 0.882. The lowest BCUT2D eigenvalue weighted by atomic mass is 10.2. The maximum atomic E-state index is 11.6. The molecule has 0 aliphatic carbocycles. The van der Waals surface area contributed by atoms with Gasteiger partial charge in [-0.2, -0.15) is 0 Å². The number of nitrogens with zero attached hydrogens (tertiary/aromatic N) is 1. The molecule has 0 spiro atoms. The number of benzene rings is 1. The topological polar surface area (TPSA) is 54.0 Å². The molecule has 0 saturated carbocycles. The van der Waals surface area contributed by atoms with E-state index in [2.05, 4.69) is 15.6 Å². The van der Waals surface area contributed by atoms with Crippen molar-refractivity contribution in [2.45, 2.75) is 13.3 Å². The molecule has 4 heteroatoms. The Hall–Kier alpha value is -2.36. The number of carbonyl (C=O) groups is 1. The van der Waals surface area contributed by atoms with E-state index in [-0.39, 0.29) is 6.03 Å². The number of hydrogen-bond acceptors (Lipinski definition) is 2. The molecular weight excluding hydrogens is 238 g/mol. The second-order valence-corrected chi connectivity index (χ2v) is 4.36. The fourth-order valence-corrected chi connectivity index (χ4v) is 1.68. The minimum absolute atomic E-state index is 0.187. The Morgan fingerprint density at radius 2 is 2.00 bits per heavy atom. The Morgan fingerprint density at radius 1 is 1.21 bits per heavy atom. The largest absolute Gasteiger partial charge is 0.338 e. The molecule has 1 heterocycles. The molecule has 1 aromatic heterocycles. The number of amides is 2. The van der Waals surface area contributed by atoms with Crippen LogP contribution in [0.3, 0.4) is 0 Å². The van der Waals surface area contributed by atoms with Crippen molar-refractivity contribution in [1.29, 1.82) is 0 Å². The molecule has 19 heavy (non-hydrogen) atoms. The summed E-state index contributed by atoms with van der Waals surface area (Å²) in [5.74, 6) is 0. The molecule has 0 bridgehead atoms. The van der Waals surface area contributed by atoms with Crippen molar-refractivity contribution in [3.05, 3.63) is 59.9 Å². The van der Waals surface area contributed by atoms with Crippen molar-refractivity contribution in [3.63, 3.8) is 0 Å². The molecule has 4 nitrogen and oxygen atoms in total. The molecule has 0 fully saturated rings. The van der Waals surface area contributed by atoms with Gasteiger partial charge in [-0.3, -0.25) is 4.98 Å².